The number of aryl methyl sites for hydroxylation is 1. The first-order chi connectivity index (χ1) is 16.3. The molecule has 3 aromatic rings. The van der Waals surface area contributed by atoms with E-state index < -0.39 is 17.7 Å². The van der Waals surface area contributed by atoms with Crippen LogP contribution in [0, 0.1) is 18.6 Å². The first-order valence-electron chi connectivity index (χ1n) is 11.6. The number of ether oxygens (including phenoxy) is 2. The molecule has 0 radical (unpaired) electrons. The Morgan fingerprint density at radius 3 is 2.50 bits per heavy atom. The number of aromatic nitrogens is 2. The van der Waals surface area contributed by atoms with Gasteiger partial charge >= 0.3 is 0 Å². The van der Waals surface area contributed by atoms with Crippen LogP contribution in [0.4, 0.5) is 8.78 Å². The molecule has 0 aliphatic heterocycles. The summed E-state index contributed by atoms with van der Waals surface area (Å²) >= 11 is 0. The third kappa shape index (κ3) is 6.85. The molecule has 34 heavy (non-hydrogen) atoms. The molecule has 1 atom stereocenters. The molecule has 1 N–H and O–H groups in total. The number of hydrogen-bond donors (Lipinski definition) is 1. The molecule has 1 aromatic heterocycles. The summed E-state index contributed by atoms with van der Waals surface area (Å²) in [7, 11) is 0. The Kier molecular flexibility index (Phi) is 9.15. The number of nitrogens with zero attached hydrogens (tertiary/aromatic N) is 3. The fraction of sp³-hybridized carbons (Fsp3) is 0.423. The zero-order chi connectivity index (χ0) is 24.7. The SMILES string of the molecule is CCCN(Cc1c(C)nn(-c2ccccc2)c1Oc1ccc(F)cc1F)C[C@H](O)COC(C)C. The molecule has 184 valence electrons. The van der Waals surface area contributed by atoms with Crippen molar-refractivity contribution >= 4 is 0 Å². The highest BCUT2D eigenvalue weighted by molar-refractivity contribution is 5.43. The lowest BCUT2D eigenvalue weighted by atomic mass is 10.2. The first-order valence-corrected chi connectivity index (χ1v) is 11.6. The van der Waals surface area contributed by atoms with E-state index in [1.165, 1.54) is 6.07 Å². The average molecular weight is 474 g/mol. The standard InChI is InChI=1S/C26H33F2N3O3/c1-5-13-30(15-22(32)17-33-18(2)3)16-23-19(4)29-31(21-9-7-6-8-10-21)26(23)34-25-12-11-20(27)14-24(25)28/h6-12,14,18,22,32H,5,13,15-17H2,1-4H3/t22-/m0/s1. The zero-order valence-corrected chi connectivity index (χ0v) is 20.2. The van der Waals surface area contributed by atoms with Gasteiger partial charge in [0.05, 0.1) is 35.8 Å². The van der Waals surface area contributed by atoms with E-state index in [0.29, 0.717) is 19.0 Å². The van der Waals surface area contributed by atoms with Gasteiger partial charge < -0.3 is 14.6 Å². The topological polar surface area (TPSA) is 59.8 Å². The van der Waals surface area contributed by atoms with Crippen LogP contribution in [0.3, 0.4) is 0 Å². The van der Waals surface area contributed by atoms with Crippen LogP contribution in [-0.2, 0) is 11.3 Å². The van der Waals surface area contributed by atoms with Gasteiger partial charge in [-0.05, 0) is 58.0 Å². The van der Waals surface area contributed by atoms with Crippen LogP contribution in [0.25, 0.3) is 5.69 Å². The summed E-state index contributed by atoms with van der Waals surface area (Å²) < 4.78 is 41.1. The van der Waals surface area contributed by atoms with Crippen LogP contribution in [0.5, 0.6) is 11.6 Å². The number of aliphatic hydroxyl groups excluding tert-OH is 1. The molecule has 2 aromatic carbocycles. The van der Waals surface area contributed by atoms with Crippen LogP contribution in [0.15, 0.2) is 48.5 Å². The van der Waals surface area contributed by atoms with Crippen molar-refractivity contribution in [2.75, 3.05) is 19.7 Å². The molecule has 0 saturated heterocycles. The summed E-state index contributed by atoms with van der Waals surface area (Å²) in [5.41, 5.74) is 2.23. The summed E-state index contributed by atoms with van der Waals surface area (Å²) in [6.45, 7) is 9.60. The van der Waals surface area contributed by atoms with Crippen molar-refractivity contribution in [1.82, 2.24) is 14.7 Å². The number of rotatable bonds is 12. The van der Waals surface area contributed by atoms with Gasteiger partial charge in [-0.2, -0.15) is 5.10 Å². The predicted molar refractivity (Wildman–Crippen MR) is 127 cm³/mol. The maximum Gasteiger partial charge on any atom is 0.227 e. The first kappa shape index (κ1) is 25.8. The average Bonchev–Trinajstić information content (AvgIpc) is 3.10. The van der Waals surface area contributed by atoms with Crippen LogP contribution < -0.4 is 4.74 Å². The van der Waals surface area contributed by atoms with E-state index >= 15 is 0 Å². The Balaban J connectivity index is 1.95. The van der Waals surface area contributed by atoms with E-state index in [2.05, 4.69) is 16.9 Å². The number of hydrogen-bond acceptors (Lipinski definition) is 5. The van der Waals surface area contributed by atoms with Crippen molar-refractivity contribution in [2.24, 2.45) is 0 Å². The fourth-order valence-electron chi connectivity index (χ4n) is 3.66. The number of para-hydroxylation sites is 1. The Morgan fingerprint density at radius 2 is 1.85 bits per heavy atom. The number of halogens is 2. The molecule has 8 heteroatoms. The fourth-order valence-corrected chi connectivity index (χ4v) is 3.66. The second-order valence-corrected chi connectivity index (χ2v) is 8.56. The van der Waals surface area contributed by atoms with Crippen LogP contribution in [0.2, 0.25) is 0 Å². The lowest BCUT2D eigenvalue weighted by Gasteiger charge is -2.25. The molecule has 0 aliphatic rings. The maximum atomic E-state index is 14.5. The zero-order valence-electron chi connectivity index (χ0n) is 20.2. The van der Waals surface area contributed by atoms with Crippen LogP contribution in [-0.4, -0.2) is 51.7 Å². The van der Waals surface area contributed by atoms with Crippen molar-refractivity contribution in [2.45, 2.75) is 52.9 Å². The van der Waals surface area contributed by atoms with Crippen molar-refractivity contribution < 1.29 is 23.4 Å². The molecule has 0 saturated carbocycles. The Bertz CT molecular complexity index is 1060. The number of benzene rings is 2. The van der Waals surface area contributed by atoms with Gasteiger partial charge in [0, 0.05) is 19.2 Å². The molecule has 0 spiro atoms. The Labute approximate surface area is 199 Å². The summed E-state index contributed by atoms with van der Waals surface area (Å²) in [6.07, 6.45) is 0.260. The Morgan fingerprint density at radius 1 is 1.12 bits per heavy atom. The van der Waals surface area contributed by atoms with Gasteiger partial charge in [-0.3, -0.25) is 4.90 Å². The highest BCUT2D eigenvalue weighted by Gasteiger charge is 2.23. The summed E-state index contributed by atoms with van der Waals surface area (Å²) in [4.78, 5) is 2.10. The second kappa shape index (κ2) is 12.1. The van der Waals surface area contributed by atoms with E-state index in [9.17, 15) is 13.9 Å². The molecule has 1 heterocycles. The molecule has 3 rings (SSSR count). The van der Waals surface area contributed by atoms with Gasteiger partial charge in [0.1, 0.15) is 5.82 Å². The molecular formula is C26H33F2N3O3. The van der Waals surface area contributed by atoms with Gasteiger partial charge in [-0.1, -0.05) is 25.1 Å². The molecule has 0 fully saturated rings. The second-order valence-electron chi connectivity index (χ2n) is 8.56. The van der Waals surface area contributed by atoms with Gasteiger partial charge in [-0.15, -0.1) is 0 Å². The van der Waals surface area contributed by atoms with E-state index in [1.807, 2.05) is 51.1 Å². The lowest BCUT2D eigenvalue weighted by Crippen LogP contribution is -2.35. The highest BCUT2D eigenvalue weighted by atomic mass is 19.1. The van der Waals surface area contributed by atoms with Crippen LogP contribution in [0.1, 0.15) is 38.4 Å². The summed E-state index contributed by atoms with van der Waals surface area (Å²) in [6, 6.07) is 12.6. The van der Waals surface area contributed by atoms with E-state index in [1.54, 1.807) is 4.68 Å². The molecule has 6 nitrogen and oxygen atoms in total. The Hall–Kier alpha value is -2.81. The minimum Gasteiger partial charge on any atom is -0.435 e. The summed E-state index contributed by atoms with van der Waals surface area (Å²) in [5, 5.41) is 15.1. The molecule has 0 aliphatic carbocycles. The third-order valence-corrected chi connectivity index (χ3v) is 5.25. The maximum absolute atomic E-state index is 14.5. The van der Waals surface area contributed by atoms with Crippen molar-refractivity contribution in [3.05, 3.63) is 71.4 Å². The molecule has 0 unspecified atom stereocenters. The lowest BCUT2D eigenvalue weighted by molar-refractivity contribution is -0.00957. The molecule has 0 bridgehead atoms. The quantitative estimate of drug-likeness (QED) is 0.389. The monoisotopic (exact) mass is 473 g/mol. The van der Waals surface area contributed by atoms with E-state index in [0.717, 1.165) is 42.0 Å². The normalized spacial score (nSPS) is 12.5. The van der Waals surface area contributed by atoms with Gasteiger partial charge in [0.25, 0.3) is 0 Å². The predicted octanol–water partition coefficient (Wildman–Crippen LogP) is 5.25. The van der Waals surface area contributed by atoms with Gasteiger partial charge in [0.2, 0.25) is 5.88 Å². The van der Waals surface area contributed by atoms with Crippen molar-refractivity contribution in [3.63, 3.8) is 0 Å². The van der Waals surface area contributed by atoms with E-state index in [-0.39, 0.29) is 18.5 Å². The van der Waals surface area contributed by atoms with Gasteiger partial charge in [0.15, 0.2) is 11.6 Å². The number of aliphatic hydroxyl groups is 1. The minimum absolute atomic E-state index is 0.0335. The van der Waals surface area contributed by atoms with Crippen molar-refractivity contribution in [3.8, 4) is 17.3 Å². The van der Waals surface area contributed by atoms with Crippen LogP contribution >= 0.6 is 0 Å². The van der Waals surface area contributed by atoms with E-state index in [4.69, 9.17) is 9.47 Å². The highest BCUT2D eigenvalue weighted by Crippen LogP contribution is 2.33. The summed E-state index contributed by atoms with van der Waals surface area (Å²) in [5.74, 6) is -1.21. The largest absolute Gasteiger partial charge is 0.435 e. The van der Waals surface area contributed by atoms with Crippen molar-refractivity contribution in [1.29, 1.82) is 0 Å². The van der Waals surface area contributed by atoms with Gasteiger partial charge in [-0.25, -0.2) is 13.5 Å². The molecular weight excluding hydrogens is 440 g/mol. The smallest absolute Gasteiger partial charge is 0.227 e. The third-order valence-electron chi connectivity index (χ3n) is 5.25. The minimum atomic E-state index is -0.795. The molecule has 0 amide bonds.